The Labute approximate surface area is 135 Å². The molecular formula is C16H18N2O4S. The van der Waals surface area contributed by atoms with E-state index in [-0.39, 0.29) is 6.54 Å². The third kappa shape index (κ3) is 5.72. The second-order valence-electron chi connectivity index (χ2n) is 5.06. The molecule has 2 aromatic rings. The zero-order chi connectivity index (χ0) is 16.9. The summed E-state index contributed by atoms with van der Waals surface area (Å²) in [7, 11) is -3.25. The summed E-state index contributed by atoms with van der Waals surface area (Å²) in [6, 6.07) is 14.0. The molecule has 0 saturated carbocycles. The zero-order valence-electron chi connectivity index (χ0n) is 12.9. The minimum Gasteiger partial charge on any atom is -0.410 e. The van der Waals surface area contributed by atoms with Crippen LogP contribution in [0.3, 0.4) is 0 Å². The van der Waals surface area contributed by atoms with E-state index in [4.69, 9.17) is 4.74 Å². The van der Waals surface area contributed by atoms with Crippen molar-refractivity contribution < 1.29 is 17.9 Å². The molecule has 0 aliphatic heterocycles. The van der Waals surface area contributed by atoms with Crippen molar-refractivity contribution in [1.82, 2.24) is 4.72 Å². The van der Waals surface area contributed by atoms with E-state index in [0.29, 0.717) is 11.4 Å². The van der Waals surface area contributed by atoms with Crippen molar-refractivity contribution in [2.45, 2.75) is 13.5 Å². The monoisotopic (exact) mass is 334 g/mol. The number of sulfonamides is 1. The lowest BCUT2D eigenvalue weighted by molar-refractivity contribution is 0.215. The fraction of sp³-hybridized carbons (Fsp3) is 0.188. The first-order valence-corrected chi connectivity index (χ1v) is 8.81. The topological polar surface area (TPSA) is 84.5 Å². The summed E-state index contributed by atoms with van der Waals surface area (Å²) in [6.07, 6.45) is 0.519. The van der Waals surface area contributed by atoms with Gasteiger partial charge in [-0.15, -0.1) is 0 Å². The number of hydrogen-bond donors (Lipinski definition) is 2. The SMILES string of the molecule is Cc1cc(OC(=O)Nc2ccccc2)ccc1CNS(C)(=O)=O. The molecule has 6 nitrogen and oxygen atoms in total. The van der Waals surface area contributed by atoms with Gasteiger partial charge in [0.1, 0.15) is 5.75 Å². The predicted molar refractivity (Wildman–Crippen MR) is 89.0 cm³/mol. The van der Waals surface area contributed by atoms with Gasteiger partial charge < -0.3 is 4.74 Å². The van der Waals surface area contributed by atoms with Gasteiger partial charge in [0.2, 0.25) is 10.0 Å². The quantitative estimate of drug-likeness (QED) is 0.880. The second kappa shape index (κ2) is 7.26. The number of benzene rings is 2. The van der Waals surface area contributed by atoms with Gasteiger partial charge in [0, 0.05) is 12.2 Å². The Kier molecular flexibility index (Phi) is 5.36. The van der Waals surface area contributed by atoms with E-state index in [9.17, 15) is 13.2 Å². The number of rotatable bonds is 5. The molecule has 0 aliphatic carbocycles. The normalized spacial score (nSPS) is 11.0. The van der Waals surface area contributed by atoms with Gasteiger partial charge in [-0.25, -0.2) is 17.9 Å². The molecule has 0 atom stereocenters. The number of carbonyl (C=O) groups excluding carboxylic acids is 1. The second-order valence-corrected chi connectivity index (χ2v) is 6.90. The molecule has 0 bridgehead atoms. The van der Waals surface area contributed by atoms with Crippen LogP contribution in [0, 0.1) is 6.92 Å². The molecule has 1 amide bonds. The number of carbonyl (C=O) groups is 1. The summed E-state index contributed by atoms with van der Waals surface area (Å²) in [4.78, 5) is 11.8. The molecular weight excluding hydrogens is 316 g/mol. The maximum atomic E-state index is 11.8. The lowest BCUT2D eigenvalue weighted by Gasteiger charge is -2.10. The Bertz CT molecular complexity index is 789. The van der Waals surface area contributed by atoms with E-state index in [1.54, 1.807) is 30.3 Å². The van der Waals surface area contributed by atoms with Crippen molar-refractivity contribution in [1.29, 1.82) is 0 Å². The largest absolute Gasteiger partial charge is 0.417 e. The van der Waals surface area contributed by atoms with Crippen LogP contribution in [0.5, 0.6) is 5.75 Å². The lowest BCUT2D eigenvalue weighted by atomic mass is 10.1. The summed E-state index contributed by atoms with van der Waals surface area (Å²) >= 11 is 0. The zero-order valence-corrected chi connectivity index (χ0v) is 13.7. The summed E-state index contributed by atoms with van der Waals surface area (Å²) in [5, 5.41) is 2.62. The van der Waals surface area contributed by atoms with Gasteiger partial charge in [-0.2, -0.15) is 0 Å². The number of para-hydroxylation sites is 1. The molecule has 2 rings (SSSR count). The van der Waals surface area contributed by atoms with E-state index >= 15 is 0 Å². The van der Waals surface area contributed by atoms with Crippen LogP contribution < -0.4 is 14.8 Å². The van der Waals surface area contributed by atoms with Crippen molar-refractivity contribution in [3.8, 4) is 5.75 Å². The first-order valence-electron chi connectivity index (χ1n) is 6.91. The highest BCUT2D eigenvalue weighted by molar-refractivity contribution is 7.88. The van der Waals surface area contributed by atoms with Gasteiger partial charge in [-0.05, 0) is 42.3 Å². The highest BCUT2D eigenvalue weighted by atomic mass is 32.2. The minimum atomic E-state index is -3.25. The number of ether oxygens (including phenoxy) is 1. The van der Waals surface area contributed by atoms with Crippen LogP contribution in [0.2, 0.25) is 0 Å². The third-order valence-corrected chi connectivity index (χ3v) is 3.74. The molecule has 0 spiro atoms. The smallest absolute Gasteiger partial charge is 0.410 e. The van der Waals surface area contributed by atoms with Gasteiger partial charge in [-0.3, -0.25) is 5.32 Å². The van der Waals surface area contributed by atoms with Crippen molar-refractivity contribution in [2.24, 2.45) is 0 Å². The first-order chi connectivity index (χ1) is 10.8. The molecule has 23 heavy (non-hydrogen) atoms. The molecule has 0 heterocycles. The molecule has 0 aliphatic rings. The molecule has 2 N–H and O–H groups in total. The number of nitrogens with one attached hydrogen (secondary N) is 2. The lowest BCUT2D eigenvalue weighted by Crippen LogP contribution is -2.21. The van der Waals surface area contributed by atoms with Crippen LogP contribution in [0.4, 0.5) is 10.5 Å². The molecule has 0 aromatic heterocycles. The summed E-state index contributed by atoms with van der Waals surface area (Å²) in [5.41, 5.74) is 2.28. The Morgan fingerprint density at radius 2 is 1.83 bits per heavy atom. The number of amides is 1. The van der Waals surface area contributed by atoms with Crippen LogP contribution >= 0.6 is 0 Å². The van der Waals surface area contributed by atoms with E-state index in [1.165, 1.54) is 0 Å². The van der Waals surface area contributed by atoms with E-state index in [1.807, 2.05) is 25.1 Å². The van der Waals surface area contributed by atoms with E-state index < -0.39 is 16.1 Å². The number of aryl methyl sites for hydroxylation is 1. The Hall–Kier alpha value is -2.38. The minimum absolute atomic E-state index is 0.196. The Morgan fingerprint density at radius 3 is 2.43 bits per heavy atom. The van der Waals surface area contributed by atoms with Crippen LogP contribution in [0.15, 0.2) is 48.5 Å². The van der Waals surface area contributed by atoms with Crippen molar-refractivity contribution in [2.75, 3.05) is 11.6 Å². The molecule has 0 saturated heterocycles. The molecule has 7 heteroatoms. The standard InChI is InChI=1S/C16H18N2O4S/c1-12-10-15(9-8-13(12)11-17-23(2,20)21)22-16(19)18-14-6-4-3-5-7-14/h3-10,17H,11H2,1-2H3,(H,18,19). The van der Waals surface area contributed by atoms with Crippen LogP contribution in [-0.4, -0.2) is 20.8 Å². The van der Waals surface area contributed by atoms with Gasteiger partial charge >= 0.3 is 6.09 Å². The van der Waals surface area contributed by atoms with E-state index in [2.05, 4.69) is 10.0 Å². The van der Waals surface area contributed by atoms with Gasteiger partial charge in [0.05, 0.1) is 6.26 Å². The molecule has 0 unspecified atom stereocenters. The van der Waals surface area contributed by atoms with Crippen LogP contribution in [0.25, 0.3) is 0 Å². The average molecular weight is 334 g/mol. The highest BCUT2D eigenvalue weighted by Crippen LogP contribution is 2.18. The summed E-state index contributed by atoms with van der Waals surface area (Å²) < 4.78 is 29.9. The van der Waals surface area contributed by atoms with Crippen molar-refractivity contribution in [3.63, 3.8) is 0 Å². The van der Waals surface area contributed by atoms with Crippen molar-refractivity contribution in [3.05, 3.63) is 59.7 Å². The highest BCUT2D eigenvalue weighted by Gasteiger charge is 2.08. The van der Waals surface area contributed by atoms with Gasteiger partial charge in [-0.1, -0.05) is 24.3 Å². The molecule has 122 valence electrons. The van der Waals surface area contributed by atoms with Crippen molar-refractivity contribution >= 4 is 21.8 Å². The Balaban J connectivity index is 1.98. The molecule has 0 fully saturated rings. The molecule has 2 aromatic carbocycles. The fourth-order valence-corrected chi connectivity index (χ4v) is 2.33. The third-order valence-electron chi connectivity index (χ3n) is 3.07. The molecule has 0 radical (unpaired) electrons. The van der Waals surface area contributed by atoms with Gasteiger partial charge in [0.15, 0.2) is 0 Å². The predicted octanol–water partition coefficient (Wildman–Crippen LogP) is 2.66. The Morgan fingerprint density at radius 1 is 1.13 bits per heavy atom. The number of hydrogen-bond acceptors (Lipinski definition) is 4. The first kappa shape index (κ1) is 17.0. The van der Waals surface area contributed by atoms with Crippen LogP contribution in [0.1, 0.15) is 11.1 Å². The summed E-state index contributed by atoms with van der Waals surface area (Å²) in [6.45, 7) is 2.02. The maximum absolute atomic E-state index is 11.8. The number of anilines is 1. The van der Waals surface area contributed by atoms with Gasteiger partial charge in [0.25, 0.3) is 0 Å². The van der Waals surface area contributed by atoms with E-state index in [0.717, 1.165) is 17.4 Å². The average Bonchev–Trinajstić information content (AvgIpc) is 2.46. The fourth-order valence-electron chi connectivity index (χ4n) is 1.91. The summed E-state index contributed by atoms with van der Waals surface area (Å²) in [5.74, 6) is 0.388. The maximum Gasteiger partial charge on any atom is 0.417 e. The van der Waals surface area contributed by atoms with Crippen LogP contribution in [-0.2, 0) is 16.6 Å².